The fraction of sp³-hybridized carbons (Fsp3) is 0.333. The molecule has 1 saturated heterocycles. The van der Waals surface area contributed by atoms with Crippen molar-refractivity contribution in [3.63, 3.8) is 0 Å². The second kappa shape index (κ2) is 8.23. The molecular weight excluding hydrogens is 452 g/mol. The van der Waals surface area contributed by atoms with E-state index in [0.717, 1.165) is 24.3 Å². The van der Waals surface area contributed by atoms with Gasteiger partial charge in [0.25, 0.3) is 5.56 Å². The lowest BCUT2D eigenvalue weighted by atomic mass is 10.2. The summed E-state index contributed by atoms with van der Waals surface area (Å²) in [6.07, 6.45) is 1.91. The second-order valence-corrected chi connectivity index (χ2v) is 9.34. The van der Waals surface area contributed by atoms with Crippen molar-refractivity contribution in [1.82, 2.24) is 19.7 Å². The van der Waals surface area contributed by atoms with Gasteiger partial charge in [0.1, 0.15) is 0 Å². The third-order valence-electron chi connectivity index (χ3n) is 5.36. The highest BCUT2D eigenvalue weighted by atomic mass is 32.2. The molecule has 0 aliphatic carbocycles. The lowest BCUT2D eigenvalue weighted by molar-refractivity contribution is 0.0937. The molecule has 11 heteroatoms. The van der Waals surface area contributed by atoms with Crippen LogP contribution < -0.4 is 15.0 Å². The summed E-state index contributed by atoms with van der Waals surface area (Å²) in [5.74, 6) is 2.59. The van der Waals surface area contributed by atoms with E-state index in [-0.39, 0.29) is 18.5 Å². The number of hydrogen-bond acceptors (Lipinski definition) is 10. The monoisotopic (exact) mass is 470 g/mol. The molecule has 3 aromatic heterocycles. The quantitative estimate of drug-likeness (QED) is 0.308. The van der Waals surface area contributed by atoms with Gasteiger partial charge in [0.15, 0.2) is 16.7 Å². The van der Waals surface area contributed by atoms with Crippen molar-refractivity contribution in [2.45, 2.75) is 36.4 Å². The topological polar surface area (TPSA) is 102 Å². The number of aromatic nitrogens is 4. The standard InChI is InChI=1S/C21H18N4O5S2/c26-20-13-7-15-16(29-11-28-15)8-14(13)22-21(25(20)9-12-3-1-5-27-12)32-10-18-23-19(24-30-18)17-4-2-6-31-17/h2,4,6-8,12H,1,3,5,9-11H2. The molecule has 1 atom stereocenters. The molecule has 5 heterocycles. The highest BCUT2D eigenvalue weighted by Gasteiger charge is 2.23. The van der Waals surface area contributed by atoms with Gasteiger partial charge in [-0.1, -0.05) is 23.0 Å². The van der Waals surface area contributed by atoms with Crippen LogP contribution in [0.5, 0.6) is 11.5 Å². The maximum Gasteiger partial charge on any atom is 0.262 e. The van der Waals surface area contributed by atoms with Gasteiger partial charge < -0.3 is 18.7 Å². The summed E-state index contributed by atoms with van der Waals surface area (Å²) in [5.41, 5.74) is 0.436. The van der Waals surface area contributed by atoms with Crippen molar-refractivity contribution < 1.29 is 18.7 Å². The van der Waals surface area contributed by atoms with Crippen LogP contribution in [0.4, 0.5) is 0 Å². The normalized spacial score (nSPS) is 17.4. The number of rotatable bonds is 6. The van der Waals surface area contributed by atoms with Crippen LogP contribution in [0.2, 0.25) is 0 Å². The van der Waals surface area contributed by atoms with Crippen LogP contribution in [0, 0.1) is 0 Å². The van der Waals surface area contributed by atoms with Crippen molar-refractivity contribution >= 4 is 34.0 Å². The molecule has 1 fully saturated rings. The van der Waals surface area contributed by atoms with E-state index in [0.29, 0.717) is 51.6 Å². The Morgan fingerprint density at radius 1 is 1.22 bits per heavy atom. The smallest absolute Gasteiger partial charge is 0.262 e. The zero-order chi connectivity index (χ0) is 21.5. The van der Waals surface area contributed by atoms with Crippen molar-refractivity contribution in [3.05, 3.63) is 45.9 Å². The van der Waals surface area contributed by atoms with E-state index < -0.39 is 0 Å². The largest absolute Gasteiger partial charge is 0.454 e. The van der Waals surface area contributed by atoms with Crippen LogP contribution in [0.25, 0.3) is 21.6 Å². The Labute approximate surface area is 190 Å². The van der Waals surface area contributed by atoms with E-state index in [4.69, 9.17) is 23.7 Å². The molecule has 0 radical (unpaired) electrons. The molecule has 0 spiro atoms. The Morgan fingerprint density at radius 2 is 2.12 bits per heavy atom. The molecule has 2 aliphatic rings. The summed E-state index contributed by atoms with van der Waals surface area (Å²) in [6, 6.07) is 7.35. The molecular formula is C21H18N4O5S2. The first-order valence-corrected chi connectivity index (χ1v) is 12.1. The van der Waals surface area contributed by atoms with Crippen LogP contribution in [0.1, 0.15) is 18.7 Å². The summed E-state index contributed by atoms with van der Waals surface area (Å²) in [4.78, 5) is 23.6. The molecule has 9 nitrogen and oxygen atoms in total. The number of fused-ring (bicyclic) bond motifs is 2. The number of thioether (sulfide) groups is 1. The predicted octanol–water partition coefficient (Wildman–Crippen LogP) is 3.71. The summed E-state index contributed by atoms with van der Waals surface area (Å²) in [7, 11) is 0. The van der Waals surface area contributed by atoms with Gasteiger partial charge in [-0.2, -0.15) is 4.98 Å². The minimum atomic E-state index is -0.129. The van der Waals surface area contributed by atoms with E-state index in [1.165, 1.54) is 11.8 Å². The average Bonchev–Trinajstić information content (AvgIpc) is 3.61. The minimum Gasteiger partial charge on any atom is -0.454 e. The Morgan fingerprint density at radius 3 is 2.94 bits per heavy atom. The van der Waals surface area contributed by atoms with E-state index in [1.54, 1.807) is 28.0 Å². The Bertz CT molecular complexity index is 1330. The molecule has 2 aliphatic heterocycles. The van der Waals surface area contributed by atoms with Crippen molar-refractivity contribution in [3.8, 4) is 22.2 Å². The Balaban J connectivity index is 1.34. The van der Waals surface area contributed by atoms with Gasteiger partial charge in [0.05, 0.1) is 34.2 Å². The number of hydrogen-bond donors (Lipinski definition) is 0. The fourth-order valence-corrected chi connectivity index (χ4v) is 5.29. The number of nitrogens with zero attached hydrogens (tertiary/aromatic N) is 4. The maximum atomic E-state index is 13.4. The molecule has 1 unspecified atom stereocenters. The SMILES string of the molecule is O=c1c2cc3c(cc2nc(SCc2nc(-c4cccs4)no2)n1CC1CCCO1)OCO3. The van der Waals surface area contributed by atoms with Gasteiger partial charge in [0.2, 0.25) is 18.5 Å². The fourth-order valence-electron chi connectivity index (χ4n) is 3.80. The van der Waals surface area contributed by atoms with Crippen LogP contribution >= 0.6 is 23.1 Å². The van der Waals surface area contributed by atoms with Crippen LogP contribution in [-0.4, -0.2) is 39.2 Å². The highest BCUT2D eigenvalue weighted by molar-refractivity contribution is 7.98. The molecule has 0 saturated carbocycles. The number of benzene rings is 1. The van der Waals surface area contributed by atoms with Crippen LogP contribution in [0.15, 0.2) is 44.1 Å². The third kappa shape index (κ3) is 3.65. The summed E-state index contributed by atoms with van der Waals surface area (Å²) < 4.78 is 23.8. The third-order valence-corrected chi connectivity index (χ3v) is 7.19. The van der Waals surface area contributed by atoms with Gasteiger partial charge in [0, 0.05) is 12.7 Å². The Kier molecular flexibility index (Phi) is 5.08. The number of thiophene rings is 1. The molecule has 4 aromatic rings. The van der Waals surface area contributed by atoms with Gasteiger partial charge in [-0.05, 0) is 30.4 Å². The lowest BCUT2D eigenvalue weighted by Gasteiger charge is -2.16. The molecule has 1 aromatic carbocycles. The van der Waals surface area contributed by atoms with E-state index in [1.807, 2.05) is 17.5 Å². The van der Waals surface area contributed by atoms with E-state index in [9.17, 15) is 4.79 Å². The first kappa shape index (κ1) is 19.8. The van der Waals surface area contributed by atoms with Crippen molar-refractivity contribution in [1.29, 1.82) is 0 Å². The van der Waals surface area contributed by atoms with Gasteiger partial charge in [-0.25, -0.2) is 4.98 Å². The summed E-state index contributed by atoms with van der Waals surface area (Å²) >= 11 is 2.94. The van der Waals surface area contributed by atoms with Crippen LogP contribution in [0.3, 0.4) is 0 Å². The molecule has 0 amide bonds. The zero-order valence-corrected chi connectivity index (χ0v) is 18.5. The molecule has 0 bridgehead atoms. The summed E-state index contributed by atoms with van der Waals surface area (Å²) in [5, 5.41) is 7.09. The van der Waals surface area contributed by atoms with Crippen molar-refractivity contribution in [2.24, 2.45) is 0 Å². The highest BCUT2D eigenvalue weighted by Crippen LogP contribution is 2.35. The second-order valence-electron chi connectivity index (χ2n) is 7.45. The maximum absolute atomic E-state index is 13.4. The van der Waals surface area contributed by atoms with Crippen LogP contribution in [-0.2, 0) is 17.0 Å². The first-order chi connectivity index (χ1) is 15.7. The number of ether oxygens (including phenoxy) is 3. The molecule has 164 valence electrons. The zero-order valence-electron chi connectivity index (χ0n) is 16.9. The molecule has 6 rings (SSSR count). The first-order valence-electron chi connectivity index (χ1n) is 10.2. The Hall–Kier alpha value is -2.89. The van der Waals surface area contributed by atoms with Gasteiger partial charge in [-0.3, -0.25) is 9.36 Å². The average molecular weight is 471 g/mol. The molecule has 0 N–H and O–H groups in total. The molecule has 32 heavy (non-hydrogen) atoms. The predicted molar refractivity (Wildman–Crippen MR) is 118 cm³/mol. The van der Waals surface area contributed by atoms with Crippen molar-refractivity contribution in [2.75, 3.05) is 13.4 Å². The minimum absolute atomic E-state index is 0.00542. The summed E-state index contributed by atoms with van der Waals surface area (Å²) in [6.45, 7) is 1.30. The van der Waals surface area contributed by atoms with Gasteiger partial charge in [-0.15, -0.1) is 11.3 Å². The van der Waals surface area contributed by atoms with Gasteiger partial charge >= 0.3 is 0 Å². The van der Waals surface area contributed by atoms with E-state index in [2.05, 4.69) is 10.1 Å². The lowest BCUT2D eigenvalue weighted by Crippen LogP contribution is -2.28. The van der Waals surface area contributed by atoms with E-state index >= 15 is 0 Å².